The molecule has 14 heavy (non-hydrogen) atoms. The van der Waals surface area contributed by atoms with Crippen molar-refractivity contribution in [3.63, 3.8) is 0 Å². The second-order valence-corrected chi connectivity index (χ2v) is 3.60. The van der Waals surface area contributed by atoms with E-state index in [1.807, 2.05) is 0 Å². The lowest BCUT2D eigenvalue weighted by atomic mass is 9.77. The molecule has 1 aromatic heterocycles. The summed E-state index contributed by atoms with van der Waals surface area (Å²) in [6.45, 7) is 0. The highest BCUT2D eigenvalue weighted by molar-refractivity contribution is 5.85. The van der Waals surface area contributed by atoms with Gasteiger partial charge in [0.15, 0.2) is 0 Å². The monoisotopic (exact) mass is 193 g/mol. The fourth-order valence-corrected chi connectivity index (χ4v) is 1.58. The summed E-state index contributed by atoms with van der Waals surface area (Å²) in [6, 6.07) is 4.71. The molecule has 0 bridgehead atoms. The van der Waals surface area contributed by atoms with Gasteiger partial charge < -0.3 is 10.2 Å². The van der Waals surface area contributed by atoms with E-state index in [0.29, 0.717) is 18.5 Å². The predicted octanol–water partition coefficient (Wildman–Crippen LogP) is 1.15. The largest absolute Gasteiger partial charge is 0.477 e. The first-order valence-corrected chi connectivity index (χ1v) is 4.55. The van der Waals surface area contributed by atoms with Crippen LogP contribution >= 0.6 is 0 Å². The summed E-state index contributed by atoms with van der Waals surface area (Å²) in [7, 11) is 0. The van der Waals surface area contributed by atoms with Crippen LogP contribution in [0.5, 0.6) is 0 Å². The van der Waals surface area contributed by atoms with Gasteiger partial charge in [-0.25, -0.2) is 9.78 Å². The van der Waals surface area contributed by atoms with E-state index in [9.17, 15) is 9.90 Å². The van der Waals surface area contributed by atoms with Gasteiger partial charge in [0.2, 0.25) is 0 Å². The van der Waals surface area contributed by atoms with E-state index in [0.717, 1.165) is 6.42 Å². The smallest absolute Gasteiger partial charge is 0.354 e. The Balaban J connectivity index is 2.35. The molecule has 4 nitrogen and oxygen atoms in total. The van der Waals surface area contributed by atoms with Gasteiger partial charge in [-0.3, -0.25) is 0 Å². The molecule has 0 unspecified atom stereocenters. The maximum atomic E-state index is 10.6. The van der Waals surface area contributed by atoms with E-state index < -0.39 is 11.6 Å². The van der Waals surface area contributed by atoms with Crippen LogP contribution in [0.4, 0.5) is 0 Å². The maximum Gasteiger partial charge on any atom is 0.354 e. The van der Waals surface area contributed by atoms with Gasteiger partial charge in [-0.15, -0.1) is 0 Å². The Morgan fingerprint density at radius 1 is 1.43 bits per heavy atom. The third kappa shape index (κ3) is 1.37. The molecule has 1 fully saturated rings. The third-order valence-electron chi connectivity index (χ3n) is 2.63. The van der Waals surface area contributed by atoms with Gasteiger partial charge in [0.05, 0.1) is 5.69 Å². The number of rotatable bonds is 2. The topological polar surface area (TPSA) is 70.4 Å². The summed E-state index contributed by atoms with van der Waals surface area (Å²) in [5, 5.41) is 18.7. The molecule has 0 spiro atoms. The quantitative estimate of drug-likeness (QED) is 0.739. The Hall–Kier alpha value is -1.42. The molecule has 0 atom stereocenters. The maximum absolute atomic E-state index is 10.6. The van der Waals surface area contributed by atoms with Crippen molar-refractivity contribution in [3.8, 4) is 0 Å². The van der Waals surface area contributed by atoms with Crippen LogP contribution in [0.1, 0.15) is 35.4 Å². The van der Waals surface area contributed by atoms with Crippen LogP contribution in [0.2, 0.25) is 0 Å². The van der Waals surface area contributed by atoms with Gasteiger partial charge in [0, 0.05) is 0 Å². The number of nitrogens with zero attached hydrogens (tertiary/aromatic N) is 1. The number of carboxylic acids is 1. The van der Waals surface area contributed by atoms with Crippen molar-refractivity contribution < 1.29 is 15.0 Å². The first-order valence-electron chi connectivity index (χ1n) is 4.55. The lowest BCUT2D eigenvalue weighted by molar-refractivity contribution is -0.0427. The van der Waals surface area contributed by atoms with E-state index in [4.69, 9.17) is 5.11 Å². The summed E-state index contributed by atoms with van der Waals surface area (Å²) in [5.41, 5.74) is -0.419. The molecule has 4 heteroatoms. The van der Waals surface area contributed by atoms with E-state index in [1.54, 1.807) is 12.1 Å². The fourth-order valence-electron chi connectivity index (χ4n) is 1.58. The predicted molar refractivity (Wildman–Crippen MR) is 48.9 cm³/mol. The van der Waals surface area contributed by atoms with Gasteiger partial charge in [-0.2, -0.15) is 0 Å². The highest BCUT2D eigenvalue weighted by Gasteiger charge is 2.37. The Morgan fingerprint density at radius 2 is 2.14 bits per heavy atom. The van der Waals surface area contributed by atoms with Crippen LogP contribution in [0.15, 0.2) is 18.2 Å². The lowest BCUT2D eigenvalue weighted by Gasteiger charge is -2.35. The standard InChI is InChI=1S/C10H11NO3/c12-9(13)7-3-1-4-8(11-7)10(14)5-2-6-10/h1,3-4,14H,2,5-6H2,(H,12,13). The number of carbonyl (C=O) groups is 1. The number of aromatic carboxylic acids is 1. The highest BCUT2D eigenvalue weighted by Crippen LogP contribution is 2.39. The van der Waals surface area contributed by atoms with Crippen molar-refractivity contribution in [3.05, 3.63) is 29.6 Å². The number of hydrogen-bond donors (Lipinski definition) is 2. The normalized spacial score (nSPS) is 18.6. The Kier molecular flexibility index (Phi) is 2.00. The van der Waals surface area contributed by atoms with Crippen LogP contribution < -0.4 is 0 Å². The lowest BCUT2D eigenvalue weighted by Crippen LogP contribution is -2.34. The van der Waals surface area contributed by atoms with Crippen molar-refractivity contribution in [1.29, 1.82) is 0 Å². The Bertz CT molecular complexity index is 371. The molecule has 1 aliphatic rings. The zero-order valence-electron chi connectivity index (χ0n) is 7.60. The first-order chi connectivity index (χ1) is 6.62. The second kappa shape index (κ2) is 3.06. The zero-order valence-corrected chi connectivity index (χ0v) is 7.60. The van der Waals surface area contributed by atoms with E-state index >= 15 is 0 Å². The van der Waals surface area contributed by atoms with Crippen molar-refractivity contribution >= 4 is 5.97 Å². The minimum atomic E-state index is -1.06. The van der Waals surface area contributed by atoms with Crippen molar-refractivity contribution in [2.45, 2.75) is 24.9 Å². The molecule has 2 N–H and O–H groups in total. The summed E-state index contributed by atoms with van der Waals surface area (Å²) in [6.07, 6.45) is 2.31. The summed E-state index contributed by atoms with van der Waals surface area (Å²) < 4.78 is 0. The van der Waals surface area contributed by atoms with Gasteiger partial charge in [0.1, 0.15) is 11.3 Å². The molecular formula is C10H11NO3. The third-order valence-corrected chi connectivity index (χ3v) is 2.63. The van der Waals surface area contributed by atoms with Crippen molar-refractivity contribution in [2.75, 3.05) is 0 Å². The molecule has 2 rings (SSSR count). The van der Waals surface area contributed by atoms with Crippen molar-refractivity contribution in [2.24, 2.45) is 0 Å². The molecule has 0 saturated heterocycles. The SMILES string of the molecule is O=C(O)c1cccc(C2(O)CCC2)n1. The van der Waals surface area contributed by atoms with Crippen LogP contribution in [0.3, 0.4) is 0 Å². The average Bonchev–Trinajstić information content (AvgIpc) is 2.14. The molecule has 1 aliphatic carbocycles. The van der Waals surface area contributed by atoms with Gasteiger partial charge in [-0.05, 0) is 31.4 Å². The molecule has 1 saturated carbocycles. The number of carboxylic acid groups (broad SMARTS) is 1. The second-order valence-electron chi connectivity index (χ2n) is 3.60. The van der Waals surface area contributed by atoms with Gasteiger partial charge in [0.25, 0.3) is 0 Å². The molecule has 74 valence electrons. The first kappa shape index (κ1) is 9.15. The number of pyridine rings is 1. The number of aliphatic hydroxyl groups is 1. The summed E-state index contributed by atoms with van der Waals surface area (Å²) >= 11 is 0. The minimum Gasteiger partial charge on any atom is -0.477 e. The summed E-state index contributed by atoms with van der Waals surface area (Å²) in [5.74, 6) is -1.06. The number of aromatic nitrogens is 1. The van der Waals surface area contributed by atoms with Gasteiger partial charge >= 0.3 is 5.97 Å². The van der Waals surface area contributed by atoms with Crippen molar-refractivity contribution in [1.82, 2.24) is 4.98 Å². The van der Waals surface area contributed by atoms with E-state index in [-0.39, 0.29) is 5.69 Å². The fraction of sp³-hybridized carbons (Fsp3) is 0.400. The average molecular weight is 193 g/mol. The minimum absolute atomic E-state index is 0.0113. The van der Waals surface area contributed by atoms with Crippen LogP contribution in [-0.2, 0) is 5.60 Å². The van der Waals surface area contributed by atoms with Crippen LogP contribution in [-0.4, -0.2) is 21.2 Å². The van der Waals surface area contributed by atoms with E-state index in [2.05, 4.69) is 4.98 Å². The molecule has 1 aromatic rings. The number of hydrogen-bond acceptors (Lipinski definition) is 3. The Labute approximate surface area is 81.2 Å². The highest BCUT2D eigenvalue weighted by atomic mass is 16.4. The van der Waals surface area contributed by atoms with Gasteiger partial charge in [-0.1, -0.05) is 6.07 Å². The molecular weight excluding hydrogens is 182 g/mol. The zero-order chi connectivity index (χ0) is 10.2. The van der Waals surface area contributed by atoms with Crippen LogP contribution in [0, 0.1) is 0 Å². The molecule has 0 radical (unpaired) electrons. The molecule has 1 heterocycles. The summed E-state index contributed by atoms with van der Waals surface area (Å²) in [4.78, 5) is 14.6. The molecule has 0 aromatic carbocycles. The van der Waals surface area contributed by atoms with Crippen LogP contribution in [0.25, 0.3) is 0 Å². The molecule has 0 aliphatic heterocycles. The Morgan fingerprint density at radius 3 is 2.64 bits per heavy atom. The molecule has 0 amide bonds. The van der Waals surface area contributed by atoms with E-state index in [1.165, 1.54) is 6.07 Å².